The molecule has 0 spiro atoms. The quantitative estimate of drug-likeness (QED) is 0.280. The summed E-state index contributed by atoms with van der Waals surface area (Å²) < 4.78 is 2.22. The largest absolute Gasteiger partial charge is 0.339 e. The summed E-state index contributed by atoms with van der Waals surface area (Å²) in [6.07, 6.45) is 2.52. The average molecular weight is 439 g/mol. The van der Waals surface area contributed by atoms with E-state index in [1.807, 2.05) is 48.5 Å². The number of ketones is 1. The maximum Gasteiger partial charge on any atom is 0.190 e. The van der Waals surface area contributed by atoms with Gasteiger partial charge in [0.2, 0.25) is 0 Å². The van der Waals surface area contributed by atoms with Crippen molar-refractivity contribution in [3.05, 3.63) is 125 Å². The summed E-state index contributed by atoms with van der Waals surface area (Å²) in [6, 6.07) is 35.1. The summed E-state index contributed by atoms with van der Waals surface area (Å²) in [5, 5.41) is 11.4. The first-order valence-corrected chi connectivity index (χ1v) is 11.5. The van der Waals surface area contributed by atoms with Crippen LogP contribution in [0.2, 0.25) is 0 Å². The topological polar surface area (TPSA) is 45.8 Å². The summed E-state index contributed by atoms with van der Waals surface area (Å²) in [5.74, 6) is 0.0265. The van der Waals surface area contributed by atoms with Crippen molar-refractivity contribution in [3.8, 4) is 6.07 Å². The molecule has 34 heavy (non-hydrogen) atoms. The van der Waals surface area contributed by atoms with Crippen molar-refractivity contribution in [2.45, 2.75) is 18.9 Å². The molecule has 1 aromatic heterocycles. The predicted molar refractivity (Wildman–Crippen MR) is 137 cm³/mol. The Morgan fingerprint density at radius 2 is 1.56 bits per heavy atom. The lowest BCUT2D eigenvalue weighted by atomic mass is 9.89. The van der Waals surface area contributed by atoms with Gasteiger partial charge in [-0.2, -0.15) is 5.26 Å². The number of allylic oxidation sites excluding steroid dienone is 1. The van der Waals surface area contributed by atoms with E-state index in [-0.39, 0.29) is 11.7 Å². The molecule has 3 nitrogen and oxygen atoms in total. The van der Waals surface area contributed by atoms with Crippen LogP contribution in [0.15, 0.2) is 103 Å². The van der Waals surface area contributed by atoms with Gasteiger partial charge in [-0.25, -0.2) is 0 Å². The van der Waals surface area contributed by atoms with Crippen LogP contribution in [0.1, 0.15) is 39.4 Å². The smallest absolute Gasteiger partial charge is 0.190 e. The van der Waals surface area contributed by atoms with Gasteiger partial charge in [0.25, 0.3) is 0 Å². The summed E-state index contributed by atoms with van der Waals surface area (Å²) in [5.41, 5.74) is 7.04. The van der Waals surface area contributed by atoms with Gasteiger partial charge in [0.05, 0.1) is 12.5 Å². The molecule has 1 atom stereocenters. The summed E-state index contributed by atoms with van der Waals surface area (Å²) >= 11 is 0. The Morgan fingerprint density at radius 3 is 2.41 bits per heavy atom. The fourth-order valence-corrected chi connectivity index (χ4v) is 5.31. The molecule has 0 N–H and O–H groups in total. The van der Waals surface area contributed by atoms with Crippen molar-refractivity contribution >= 4 is 33.7 Å². The third kappa shape index (κ3) is 3.16. The number of fused-ring (bicyclic) bond motifs is 4. The van der Waals surface area contributed by atoms with Crippen molar-refractivity contribution < 1.29 is 4.79 Å². The van der Waals surface area contributed by atoms with E-state index in [1.165, 1.54) is 0 Å². The number of Topliss-reactive ketones (excluding diaryl/α,β-unsaturated/α-hetero) is 1. The van der Waals surface area contributed by atoms with E-state index in [0.717, 1.165) is 49.6 Å². The SMILES string of the molecule is N#CCCn1c2ccccc2c2cc(C=C3C(=O)c4ccccc4C3c3ccccc3)ccc21. The lowest BCUT2D eigenvalue weighted by Crippen LogP contribution is -2.02. The molecular formula is C31H22N2O. The zero-order chi connectivity index (χ0) is 23.1. The Morgan fingerprint density at radius 1 is 0.824 bits per heavy atom. The van der Waals surface area contributed by atoms with Gasteiger partial charge in [0.1, 0.15) is 0 Å². The lowest BCUT2D eigenvalue weighted by Gasteiger charge is -2.14. The van der Waals surface area contributed by atoms with Gasteiger partial charge >= 0.3 is 0 Å². The molecule has 0 saturated carbocycles. The summed E-state index contributed by atoms with van der Waals surface area (Å²) in [6.45, 7) is 0.658. The lowest BCUT2D eigenvalue weighted by molar-refractivity contribution is 0.103. The number of carbonyl (C=O) groups excluding carboxylic acids is 1. The van der Waals surface area contributed by atoms with Crippen molar-refractivity contribution in [2.75, 3.05) is 0 Å². The first-order chi connectivity index (χ1) is 16.8. The van der Waals surface area contributed by atoms with E-state index in [0.29, 0.717) is 13.0 Å². The van der Waals surface area contributed by atoms with Crippen LogP contribution < -0.4 is 0 Å². The number of hydrogen-bond acceptors (Lipinski definition) is 2. The molecule has 162 valence electrons. The van der Waals surface area contributed by atoms with Gasteiger partial charge in [-0.1, -0.05) is 78.9 Å². The van der Waals surface area contributed by atoms with Crippen molar-refractivity contribution in [2.24, 2.45) is 0 Å². The Kier molecular flexibility index (Phi) is 4.86. The zero-order valence-corrected chi connectivity index (χ0v) is 18.6. The molecule has 0 radical (unpaired) electrons. The fourth-order valence-electron chi connectivity index (χ4n) is 5.31. The monoisotopic (exact) mass is 438 g/mol. The van der Waals surface area contributed by atoms with Gasteiger partial charge in [0.15, 0.2) is 5.78 Å². The van der Waals surface area contributed by atoms with E-state index in [9.17, 15) is 4.79 Å². The standard InChI is InChI=1S/C31H22N2O/c32-17-8-18-33-28-14-7-6-11-23(28)26-19-21(15-16-29(26)33)20-27-30(22-9-2-1-3-10-22)24-12-4-5-13-25(24)31(27)34/h1-7,9-16,19-20,30H,8,18H2. The van der Waals surface area contributed by atoms with Gasteiger partial charge in [0, 0.05) is 45.4 Å². The number of carbonyl (C=O) groups is 1. The Balaban J connectivity index is 1.53. The molecule has 0 bridgehead atoms. The van der Waals surface area contributed by atoms with Gasteiger partial charge in [-0.15, -0.1) is 0 Å². The highest BCUT2D eigenvalue weighted by Gasteiger charge is 2.35. The van der Waals surface area contributed by atoms with Gasteiger partial charge in [-0.05, 0) is 41.0 Å². The Hall–Kier alpha value is -4.42. The molecule has 0 fully saturated rings. The Bertz CT molecular complexity index is 1630. The minimum absolute atomic E-state index is 0.0717. The predicted octanol–water partition coefficient (Wildman–Crippen LogP) is 7.12. The maximum absolute atomic E-state index is 13.5. The van der Waals surface area contributed by atoms with E-state index < -0.39 is 0 Å². The number of benzene rings is 4. The highest BCUT2D eigenvalue weighted by Crippen LogP contribution is 2.43. The molecule has 4 aromatic carbocycles. The second-order valence-electron chi connectivity index (χ2n) is 8.71. The van der Waals surface area contributed by atoms with Gasteiger partial charge in [-0.3, -0.25) is 4.79 Å². The molecule has 1 aliphatic carbocycles. The van der Waals surface area contributed by atoms with Crippen LogP contribution in [0.25, 0.3) is 27.9 Å². The summed E-state index contributed by atoms with van der Waals surface area (Å²) in [7, 11) is 0. The molecular weight excluding hydrogens is 416 g/mol. The van der Waals surface area contributed by atoms with Crippen LogP contribution in [0, 0.1) is 11.3 Å². The zero-order valence-electron chi connectivity index (χ0n) is 18.6. The van der Waals surface area contributed by atoms with E-state index in [4.69, 9.17) is 5.26 Å². The molecule has 5 aromatic rings. The van der Waals surface area contributed by atoms with E-state index in [2.05, 4.69) is 65.2 Å². The fraction of sp³-hybridized carbons (Fsp3) is 0.0968. The normalized spacial score (nSPS) is 16.3. The highest BCUT2D eigenvalue weighted by molar-refractivity contribution is 6.17. The van der Waals surface area contributed by atoms with E-state index >= 15 is 0 Å². The van der Waals surface area contributed by atoms with Crippen LogP contribution in [-0.2, 0) is 6.54 Å². The molecule has 0 saturated heterocycles. The number of nitrogens with zero attached hydrogens (tertiary/aromatic N) is 2. The van der Waals surface area contributed by atoms with Gasteiger partial charge < -0.3 is 4.57 Å². The maximum atomic E-state index is 13.5. The minimum atomic E-state index is -0.0717. The van der Waals surface area contributed by atoms with Crippen LogP contribution in [0.3, 0.4) is 0 Å². The molecule has 3 heteroatoms. The average Bonchev–Trinajstić information content (AvgIpc) is 3.35. The van der Waals surface area contributed by atoms with E-state index in [1.54, 1.807) is 0 Å². The van der Waals surface area contributed by atoms with Crippen LogP contribution >= 0.6 is 0 Å². The number of aromatic nitrogens is 1. The molecule has 1 aliphatic rings. The molecule has 0 amide bonds. The number of hydrogen-bond donors (Lipinski definition) is 0. The minimum Gasteiger partial charge on any atom is -0.339 e. The van der Waals surface area contributed by atoms with Crippen LogP contribution in [0.5, 0.6) is 0 Å². The first kappa shape index (κ1) is 20.2. The number of rotatable bonds is 4. The second kappa shape index (κ2) is 8.17. The molecule has 1 unspecified atom stereocenters. The highest BCUT2D eigenvalue weighted by atomic mass is 16.1. The van der Waals surface area contributed by atoms with Crippen LogP contribution in [-0.4, -0.2) is 10.4 Å². The third-order valence-electron chi connectivity index (χ3n) is 6.79. The number of nitriles is 1. The third-order valence-corrected chi connectivity index (χ3v) is 6.79. The number of para-hydroxylation sites is 1. The second-order valence-corrected chi connectivity index (χ2v) is 8.71. The van der Waals surface area contributed by atoms with Crippen molar-refractivity contribution in [1.82, 2.24) is 4.57 Å². The van der Waals surface area contributed by atoms with Crippen molar-refractivity contribution in [3.63, 3.8) is 0 Å². The molecule has 6 rings (SSSR count). The number of aryl methyl sites for hydroxylation is 1. The molecule has 0 aliphatic heterocycles. The molecule has 1 heterocycles. The first-order valence-electron chi connectivity index (χ1n) is 11.5. The van der Waals surface area contributed by atoms with Crippen molar-refractivity contribution in [1.29, 1.82) is 5.26 Å². The Labute approximate surface area is 198 Å². The van der Waals surface area contributed by atoms with Crippen LogP contribution in [0.4, 0.5) is 0 Å². The summed E-state index contributed by atoms with van der Waals surface area (Å²) in [4.78, 5) is 13.5.